The van der Waals surface area contributed by atoms with Crippen molar-refractivity contribution in [1.82, 2.24) is 0 Å². The largest absolute Gasteiger partial charge is 0.455 e. The molecule has 54 heavy (non-hydrogen) atoms. The molecule has 0 amide bonds. The van der Waals surface area contributed by atoms with Crippen LogP contribution in [0.4, 0.5) is 0 Å². The number of cyclic esters (lactones) is 1. The highest BCUT2D eigenvalue weighted by Gasteiger charge is 2.43. The number of unbranched alkanes of at least 4 members (excludes halogenated alkanes) is 19. The Kier molecular flexibility index (Phi) is 22.8. The van der Waals surface area contributed by atoms with Gasteiger partial charge in [0.25, 0.3) is 0 Å². The van der Waals surface area contributed by atoms with Crippen molar-refractivity contribution >= 4 is 5.97 Å². The molecule has 0 saturated carbocycles. The van der Waals surface area contributed by atoms with E-state index < -0.39 is 0 Å². The summed E-state index contributed by atoms with van der Waals surface area (Å²) in [6.45, 7) is 4.18. The Balaban J connectivity index is 0.917. The van der Waals surface area contributed by atoms with Gasteiger partial charge in [-0.3, -0.25) is 0 Å². The van der Waals surface area contributed by atoms with Gasteiger partial charge in [0.2, 0.25) is 0 Å². The fraction of sp³-hybridized carbons (Fsp3) is 0.894. The third-order valence-electron chi connectivity index (χ3n) is 12.5. The van der Waals surface area contributed by atoms with Crippen molar-refractivity contribution in [3.05, 3.63) is 11.6 Å². The van der Waals surface area contributed by atoms with E-state index in [-0.39, 0.29) is 60.9 Å². The molecular formula is C47H80O7. The van der Waals surface area contributed by atoms with Crippen LogP contribution in [0.15, 0.2) is 11.6 Å². The summed E-state index contributed by atoms with van der Waals surface area (Å²) < 4.78 is 24.4. The molecule has 0 radical (unpaired) electrons. The van der Waals surface area contributed by atoms with Crippen molar-refractivity contribution in [2.24, 2.45) is 0 Å². The first-order chi connectivity index (χ1) is 26.4. The summed E-state index contributed by atoms with van der Waals surface area (Å²) in [5.74, 6) is 6.63. The van der Waals surface area contributed by atoms with Gasteiger partial charge in [-0.1, -0.05) is 116 Å². The van der Waals surface area contributed by atoms with E-state index in [0.717, 1.165) is 102 Å². The van der Waals surface area contributed by atoms with Crippen LogP contribution in [-0.2, 0) is 23.7 Å². The molecule has 0 unspecified atom stereocenters. The molecule has 0 spiro atoms. The fourth-order valence-electron chi connectivity index (χ4n) is 9.09. The van der Waals surface area contributed by atoms with Crippen LogP contribution >= 0.6 is 0 Å². The number of aliphatic hydroxyl groups is 2. The second-order valence-corrected chi connectivity index (χ2v) is 17.2. The lowest BCUT2D eigenvalue weighted by molar-refractivity contribution is -0.139. The molecule has 0 aromatic rings. The van der Waals surface area contributed by atoms with Gasteiger partial charge in [0, 0.05) is 18.4 Å². The van der Waals surface area contributed by atoms with Crippen LogP contribution in [0.25, 0.3) is 0 Å². The standard InChI is InChI=1S/C47H80O7/c1-3-4-5-6-7-19-22-25-28-39(48)41-30-32-43(52-41)45-34-35-46(54-45)44-33-31-42(53-44)40(49)29-26-23-20-17-15-13-11-9-8-10-12-14-16-18-21-24-27-38-36-37(2)51-47(38)50/h36-37,39-46,48-49H,3-8,10,12-35H2,1-2H3/t37-,39+,40+,41+,42+,43+,44+,45+,46+/m0/s1. The van der Waals surface area contributed by atoms with E-state index >= 15 is 0 Å². The summed E-state index contributed by atoms with van der Waals surface area (Å²) in [5.41, 5.74) is 0.871. The lowest BCUT2D eigenvalue weighted by Gasteiger charge is -2.25. The summed E-state index contributed by atoms with van der Waals surface area (Å²) in [6, 6.07) is 0. The monoisotopic (exact) mass is 757 g/mol. The average molecular weight is 757 g/mol. The van der Waals surface area contributed by atoms with E-state index in [2.05, 4.69) is 18.8 Å². The van der Waals surface area contributed by atoms with E-state index in [1.54, 1.807) is 0 Å². The summed E-state index contributed by atoms with van der Waals surface area (Å²) in [6.07, 6.45) is 36.4. The van der Waals surface area contributed by atoms with Gasteiger partial charge in [-0.15, -0.1) is 11.8 Å². The highest BCUT2D eigenvalue weighted by molar-refractivity contribution is 5.90. The summed E-state index contributed by atoms with van der Waals surface area (Å²) in [4.78, 5) is 11.6. The summed E-state index contributed by atoms with van der Waals surface area (Å²) >= 11 is 0. The van der Waals surface area contributed by atoms with E-state index in [4.69, 9.17) is 18.9 Å². The molecule has 3 saturated heterocycles. The number of rotatable bonds is 29. The van der Waals surface area contributed by atoms with Gasteiger partial charge >= 0.3 is 5.97 Å². The van der Waals surface area contributed by atoms with E-state index in [9.17, 15) is 15.0 Å². The van der Waals surface area contributed by atoms with Crippen molar-refractivity contribution in [1.29, 1.82) is 0 Å². The Hall–Kier alpha value is -1.43. The van der Waals surface area contributed by atoms with Crippen LogP contribution in [0, 0.1) is 11.8 Å². The van der Waals surface area contributed by atoms with Gasteiger partial charge in [-0.2, -0.15) is 0 Å². The molecule has 9 atom stereocenters. The Bertz CT molecular complexity index is 1100. The number of hydrogen-bond donors (Lipinski definition) is 2. The zero-order valence-corrected chi connectivity index (χ0v) is 34.6. The quantitative estimate of drug-likeness (QED) is 0.0446. The van der Waals surface area contributed by atoms with Gasteiger partial charge in [0.15, 0.2) is 0 Å². The number of esters is 1. The zero-order valence-electron chi connectivity index (χ0n) is 34.6. The number of aliphatic hydroxyl groups excluding tert-OH is 2. The van der Waals surface area contributed by atoms with Crippen LogP contribution < -0.4 is 0 Å². The first-order valence-corrected chi connectivity index (χ1v) is 23.1. The molecule has 4 rings (SSSR count). The number of carbonyl (C=O) groups excluding carboxylic acids is 1. The zero-order chi connectivity index (χ0) is 38.2. The van der Waals surface area contributed by atoms with Crippen molar-refractivity contribution in [2.75, 3.05) is 0 Å². The van der Waals surface area contributed by atoms with E-state index in [0.29, 0.717) is 0 Å². The normalized spacial score (nSPS) is 27.9. The number of hydrogen-bond acceptors (Lipinski definition) is 7. The van der Waals surface area contributed by atoms with Crippen LogP contribution in [0.1, 0.15) is 213 Å². The molecule has 0 aromatic carbocycles. The highest BCUT2D eigenvalue weighted by Crippen LogP contribution is 2.38. The molecule has 7 nitrogen and oxygen atoms in total. The molecule has 0 bridgehead atoms. The average Bonchev–Trinajstić information content (AvgIpc) is 3.99. The molecule has 0 aromatic heterocycles. The molecule has 310 valence electrons. The predicted octanol–water partition coefficient (Wildman–Crippen LogP) is 11.0. The minimum Gasteiger partial charge on any atom is -0.455 e. The van der Waals surface area contributed by atoms with E-state index in [1.807, 2.05) is 13.0 Å². The van der Waals surface area contributed by atoms with Crippen LogP contribution in [0.5, 0.6) is 0 Å². The van der Waals surface area contributed by atoms with Crippen molar-refractivity contribution in [3.8, 4) is 11.8 Å². The molecule has 2 N–H and O–H groups in total. The van der Waals surface area contributed by atoms with Crippen LogP contribution in [-0.4, -0.2) is 71.1 Å². The smallest absolute Gasteiger partial charge is 0.334 e. The molecule has 7 heteroatoms. The molecule has 0 aliphatic carbocycles. The first kappa shape index (κ1) is 45.3. The molecule has 3 fully saturated rings. The lowest BCUT2D eigenvalue weighted by Crippen LogP contribution is -2.34. The second kappa shape index (κ2) is 27.2. The molecule has 4 aliphatic heterocycles. The topological polar surface area (TPSA) is 94.5 Å². The first-order valence-electron chi connectivity index (χ1n) is 23.1. The van der Waals surface area contributed by atoms with Gasteiger partial charge in [0.05, 0.1) is 48.8 Å². The van der Waals surface area contributed by atoms with Crippen LogP contribution in [0.2, 0.25) is 0 Å². The van der Waals surface area contributed by atoms with Gasteiger partial charge in [-0.05, 0) is 90.0 Å². The SMILES string of the molecule is CCCCCCCCCC[C@@H](O)[C@H]1CC[C@H]([C@H]2CC[C@H]([C@H]3CC[C@H]([C@H](O)CCCCCCCC#CCCCCCCCCCC4=C[C@H](C)OC4=O)O3)O2)O1. The summed E-state index contributed by atoms with van der Waals surface area (Å²) in [7, 11) is 0. The third kappa shape index (κ3) is 17.4. The fourth-order valence-corrected chi connectivity index (χ4v) is 9.09. The number of ether oxygens (including phenoxy) is 4. The Labute approximate surface area is 330 Å². The Morgan fingerprint density at radius 3 is 1.44 bits per heavy atom. The Morgan fingerprint density at radius 1 is 0.574 bits per heavy atom. The van der Waals surface area contributed by atoms with Crippen LogP contribution in [0.3, 0.4) is 0 Å². The van der Waals surface area contributed by atoms with Crippen molar-refractivity contribution < 1.29 is 34.0 Å². The number of carbonyl (C=O) groups is 1. The highest BCUT2D eigenvalue weighted by atomic mass is 16.6. The third-order valence-corrected chi connectivity index (χ3v) is 12.5. The summed E-state index contributed by atoms with van der Waals surface area (Å²) in [5, 5.41) is 21.7. The predicted molar refractivity (Wildman–Crippen MR) is 218 cm³/mol. The second-order valence-electron chi connectivity index (χ2n) is 17.2. The van der Waals surface area contributed by atoms with Crippen molar-refractivity contribution in [3.63, 3.8) is 0 Å². The maximum Gasteiger partial charge on any atom is 0.334 e. The Morgan fingerprint density at radius 2 is 0.981 bits per heavy atom. The maximum absolute atomic E-state index is 11.6. The van der Waals surface area contributed by atoms with Gasteiger partial charge in [-0.25, -0.2) is 4.79 Å². The molecular weight excluding hydrogens is 677 g/mol. The van der Waals surface area contributed by atoms with Crippen molar-refractivity contribution in [2.45, 2.75) is 268 Å². The minimum absolute atomic E-state index is 0.0442. The minimum atomic E-state index is -0.384. The maximum atomic E-state index is 11.6. The van der Waals surface area contributed by atoms with Gasteiger partial charge in [0.1, 0.15) is 6.10 Å². The van der Waals surface area contributed by atoms with Gasteiger partial charge < -0.3 is 29.2 Å². The molecule has 4 heterocycles. The lowest BCUT2D eigenvalue weighted by atomic mass is 10.0. The molecule has 4 aliphatic rings. The van der Waals surface area contributed by atoms with E-state index in [1.165, 1.54) is 103 Å².